The van der Waals surface area contributed by atoms with E-state index in [-0.39, 0.29) is 18.6 Å². The van der Waals surface area contributed by atoms with Crippen LogP contribution < -0.4 is 10.6 Å². The predicted octanol–water partition coefficient (Wildman–Crippen LogP) is 1.25. The van der Waals surface area contributed by atoms with Crippen molar-refractivity contribution in [2.24, 2.45) is 0 Å². The first kappa shape index (κ1) is 13.0. The van der Waals surface area contributed by atoms with Crippen LogP contribution in [0.3, 0.4) is 0 Å². The average molecular weight is 243 g/mol. The van der Waals surface area contributed by atoms with Crippen molar-refractivity contribution in [2.75, 3.05) is 18.5 Å². The molecule has 0 bridgehead atoms. The maximum atomic E-state index is 11.6. The van der Waals surface area contributed by atoms with Gasteiger partial charge in [-0.05, 0) is 31.2 Å². The minimum Gasteiger partial charge on any atom is -0.395 e. The van der Waals surface area contributed by atoms with Gasteiger partial charge < -0.3 is 15.7 Å². The van der Waals surface area contributed by atoms with Crippen LogP contribution in [0.25, 0.3) is 0 Å². The van der Waals surface area contributed by atoms with Crippen molar-refractivity contribution in [3.63, 3.8) is 0 Å². The number of carbonyl (C=O) groups excluding carboxylic acids is 1. The summed E-state index contributed by atoms with van der Waals surface area (Å²) in [6, 6.07) is 6.55. The van der Waals surface area contributed by atoms with E-state index in [0.29, 0.717) is 17.3 Å². The summed E-state index contributed by atoms with van der Waals surface area (Å²) in [5, 5.41) is 14.8. The molecule has 0 aromatic heterocycles. The Morgan fingerprint density at radius 3 is 2.62 bits per heavy atom. The van der Waals surface area contributed by atoms with Crippen LogP contribution in [0.2, 0.25) is 5.02 Å². The third-order valence-corrected chi connectivity index (χ3v) is 2.32. The van der Waals surface area contributed by atoms with Gasteiger partial charge >= 0.3 is 0 Å². The molecule has 1 rings (SSSR count). The molecule has 5 heteroatoms. The molecule has 88 valence electrons. The molecular formula is C11H15ClN2O2. The minimum atomic E-state index is -0.345. The zero-order valence-electron chi connectivity index (χ0n) is 9.03. The van der Waals surface area contributed by atoms with Crippen LogP contribution in [0, 0.1) is 0 Å². The Kier molecular flexibility index (Phi) is 5.25. The molecule has 0 fully saturated rings. The molecule has 3 N–H and O–H groups in total. The summed E-state index contributed by atoms with van der Waals surface area (Å²) >= 11 is 5.73. The number of carbonyl (C=O) groups is 1. The number of amides is 1. The summed E-state index contributed by atoms with van der Waals surface area (Å²) < 4.78 is 0. The number of halogens is 1. The first-order valence-electron chi connectivity index (χ1n) is 5.04. The fraction of sp³-hybridized carbons (Fsp3) is 0.364. The maximum absolute atomic E-state index is 11.6. The van der Waals surface area contributed by atoms with Crippen molar-refractivity contribution in [2.45, 2.75) is 13.0 Å². The number of rotatable bonds is 5. The van der Waals surface area contributed by atoms with Gasteiger partial charge in [0.25, 0.3) is 0 Å². The lowest BCUT2D eigenvalue weighted by atomic mass is 10.2. The quantitative estimate of drug-likeness (QED) is 0.728. The van der Waals surface area contributed by atoms with E-state index in [0.717, 1.165) is 0 Å². The molecule has 0 saturated heterocycles. The zero-order chi connectivity index (χ0) is 12.0. The number of hydrogen-bond acceptors (Lipinski definition) is 3. The molecule has 0 saturated carbocycles. The van der Waals surface area contributed by atoms with Gasteiger partial charge in [-0.1, -0.05) is 11.6 Å². The third-order valence-electron chi connectivity index (χ3n) is 2.07. The predicted molar refractivity (Wildman–Crippen MR) is 64.6 cm³/mol. The molecule has 1 aromatic rings. The summed E-state index contributed by atoms with van der Waals surface area (Å²) in [4.78, 5) is 11.6. The molecule has 0 spiro atoms. The SMILES string of the molecule is CC(NCCO)C(=O)Nc1ccc(Cl)cc1. The second-order valence-corrected chi connectivity index (χ2v) is 3.83. The standard InChI is InChI=1S/C11H15ClN2O2/c1-8(13-6-7-15)11(16)14-10-4-2-9(12)3-5-10/h2-5,8,13,15H,6-7H2,1H3,(H,14,16). The average Bonchev–Trinajstić information content (AvgIpc) is 2.29. The Labute approximate surface area is 99.6 Å². The second-order valence-electron chi connectivity index (χ2n) is 3.40. The maximum Gasteiger partial charge on any atom is 0.241 e. The molecule has 1 unspecified atom stereocenters. The van der Waals surface area contributed by atoms with E-state index < -0.39 is 0 Å². The van der Waals surface area contributed by atoms with Crippen LogP contribution in [0.1, 0.15) is 6.92 Å². The smallest absolute Gasteiger partial charge is 0.241 e. The monoisotopic (exact) mass is 242 g/mol. The van der Waals surface area contributed by atoms with Gasteiger partial charge in [-0.3, -0.25) is 4.79 Å². The topological polar surface area (TPSA) is 61.4 Å². The van der Waals surface area contributed by atoms with Crippen LogP contribution in [0.5, 0.6) is 0 Å². The molecule has 1 aromatic carbocycles. The van der Waals surface area contributed by atoms with Crippen molar-refractivity contribution in [1.29, 1.82) is 0 Å². The van der Waals surface area contributed by atoms with Crippen LogP contribution >= 0.6 is 11.6 Å². The normalized spacial score (nSPS) is 12.2. The molecule has 1 amide bonds. The lowest BCUT2D eigenvalue weighted by molar-refractivity contribution is -0.117. The van der Waals surface area contributed by atoms with Gasteiger partial charge in [0.1, 0.15) is 0 Å². The van der Waals surface area contributed by atoms with E-state index in [1.54, 1.807) is 31.2 Å². The molecule has 0 heterocycles. The highest BCUT2D eigenvalue weighted by molar-refractivity contribution is 6.30. The summed E-state index contributed by atoms with van der Waals surface area (Å²) in [7, 11) is 0. The van der Waals surface area contributed by atoms with Gasteiger partial charge in [0.15, 0.2) is 0 Å². The van der Waals surface area contributed by atoms with E-state index in [4.69, 9.17) is 16.7 Å². The van der Waals surface area contributed by atoms with Gasteiger partial charge in [0.05, 0.1) is 12.6 Å². The zero-order valence-corrected chi connectivity index (χ0v) is 9.79. The Morgan fingerprint density at radius 1 is 1.44 bits per heavy atom. The van der Waals surface area contributed by atoms with Crippen molar-refractivity contribution < 1.29 is 9.90 Å². The fourth-order valence-corrected chi connectivity index (χ4v) is 1.28. The lowest BCUT2D eigenvalue weighted by Gasteiger charge is -2.13. The minimum absolute atomic E-state index is 0.0125. The number of anilines is 1. The Bertz CT molecular complexity index is 340. The van der Waals surface area contributed by atoms with E-state index in [1.165, 1.54) is 0 Å². The Balaban J connectivity index is 2.47. The molecule has 0 aliphatic rings. The lowest BCUT2D eigenvalue weighted by Crippen LogP contribution is -2.39. The van der Waals surface area contributed by atoms with Crippen LogP contribution in [0.15, 0.2) is 24.3 Å². The Morgan fingerprint density at radius 2 is 2.06 bits per heavy atom. The largest absolute Gasteiger partial charge is 0.395 e. The number of nitrogens with one attached hydrogen (secondary N) is 2. The number of hydrogen-bond donors (Lipinski definition) is 3. The molecule has 0 radical (unpaired) electrons. The summed E-state index contributed by atoms with van der Waals surface area (Å²) in [6.45, 7) is 2.15. The van der Waals surface area contributed by atoms with Gasteiger partial charge in [0, 0.05) is 17.3 Å². The molecule has 4 nitrogen and oxygen atoms in total. The summed E-state index contributed by atoms with van der Waals surface area (Å²) in [5.74, 6) is -0.143. The fourth-order valence-electron chi connectivity index (χ4n) is 1.16. The summed E-state index contributed by atoms with van der Waals surface area (Å²) in [5.41, 5.74) is 0.701. The van der Waals surface area contributed by atoms with Crippen molar-refractivity contribution in [3.05, 3.63) is 29.3 Å². The van der Waals surface area contributed by atoms with E-state index in [9.17, 15) is 4.79 Å². The number of aliphatic hydroxyl groups excluding tert-OH is 1. The van der Waals surface area contributed by atoms with Gasteiger partial charge in [0.2, 0.25) is 5.91 Å². The van der Waals surface area contributed by atoms with Crippen molar-refractivity contribution >= 4 is 23.2 Å². The van der Waals surface area contributed by atoms with Gasteiger partial charge in [-0.2, -0.15) is 0 Å². The molecule has 0 aliphatic heterocycles. The van der Waals surface area contributed by atoms with Gasteiger partial charge in [-0.25, -0.2) is 0 Å². The highest BCUT2D eigenvalue weighted by Crippen LogP contribution is 2.13. The van der Waals surface area contributed by atoms with E-state index in [2.05, 4.69) is 10.6 Å². The van der Waals surface area contributed by atoms with E-state index in [1.807, 2.05) is 0 Å². The first-order chi connectivity index (χ1) is 7.63. The molecule has 0 aliphatic carbocycles. The molecular weight excluding hydrogens is 228 g/mol. The molecule has 16 heavy (non-hydrogen) atoms. The second kappa shape index (κ2) is 6.48. The number of aliphatic hydroxyl groups is 1. The highest BCUT2D eigenvalue weighted by atomic mass is 35.5. The van der Waals surface area contributed by atoms with Gasteiger partial charge in [-0.15, -0.1) is 0 Å². The van der Waals surface area contributed by atoms with Crippen LogP contribution in [0.4, 0.5) is 5.69 Å². The highest BCUT2D eigenvalue weighted by Gasteiger charge is 2.11. The molecule has 1 atom stereocenters. The van der Waals surface area contributed by atoms with Crippen LogP contribution in [-0.2, 0) is 4.79 Å². The van der Waals surface area contributed by atoms with Crippen molar-refractivity contribution in [3.8, 4) is 0 Å². The number of benzene rings is 1. The first-order valence-corrected chi connectivity index (χ1v) is 5.42. The van der Waals surface area contributed by atoms with Crippen molar-refractivity contribution in [1.82, 2.24) is 5.32 Å². The Hall–Kier alpha value is -1.10. The van der Waals surface area contributed by atoms with E-state index >= 15 is 0 Å². The van der Waals surface area contributed by atoms with Crippen LogP contribution in [-0.4, -0.2) is 30.2 Å². The third kappa shape index (κ3) is 4.18. The summed E-state index contributed by atoms with van der Waals surface area (Å²) in [6.07, 6.45) is 0.